The summed E-state index contributed by atoms with van der Waals surface area (Å²) in [6.45, 7) is 3.19. The summed E-state index contributed by atoms with van der Waals surface area (Å²) in [5.74, 6) is 0.0914. The van der Waals surface area contributed by atoms with Crippen LogP contribution < -0.4 is 0 Å². The van der Waals surface area contributed by atoms with Crippen molar-refractivity contribution in [3.05, 3.63) is 66.4 Å². The monoisotopic (exact) mass is 367 g/mol. The number of aromatic nitrogens is 3. The average molecular weight is 367 g/mol. The number of carbonyl (C=O) groups is 1. The van der Waals surface area contributed by atoms with Crippen molar-refractivity contribution in [2.45, 2.75) is 6.42 Å². The van der Waals surface area contributed by atoms with Gasteiger partial charge in [-0.3, -0.25) is 4.79 Å². The highest BCUT2D eigenvalue weighted by atomic mass is 19.1. The van der Waals surface area contributed by atoms with Crippen molar-refractivity contribution in [3.8, 4) is 11.5 Å². The second-order valence-corrected chi connectivity index (χ2v) is 6.78. The van der Waals surface area contributed by atoms with Crippen LogP contribution in [0.3, 0.4) is 0 Å². The van der Waals surface area contributed by atoms with E-state index in [1.165, 1.54) is 10.7 Å². The van der Waals surface area contributed by atoms with Gasteiger partial charge < -0.3 is 14.4 Å². The van der Waals surface area contributed by atoms with Crippen LogP contribution in [-0.2, 0) is 0 Å². The fourth-order valence-corrected chi connectivity index (χ4v) is 3.44. The number of benzene rings is 1. The minimum Gasteiger partial charge on any atom is -0.337 e. The Kier molecular flexibility index (Phi) is 4.77. The van der Waals surface area contributed by atoms with E-state index >= 15 is 0 Å². The maximum atomic E-state index is 14.4. The first kappa shape index (κ1) is 17.5. The summed E-state index contributed by atoms with van der Waals surface area (Å²) in [4.78, 5) is 17.3. The molecule has 1 amide bonds. The van der Waals surface area contributed by atoms with Gasteiger partial charge in [-0.05, 0) is 44.3 Å². The van der Waals surface area contributed by atoms with Crippen molar-refractivity contribution in [2.24, 2.45) is 0 Å². The van der Waals surface area contributed by atoms with Gasteiger partial charge in [-0.15, -0.1) is 0 Å². The Morgan fingerprint density at radius 2 is 1.81 bits per heavy atom. The van der Waals surface area contributed by atoms with Gasteiger partial charge in [0, 0.05) is 32.0 Å². The Hall–Kier alpha value is -2.93. The van der Waals surface area contributed by atoms with Crippen molar-refractivity contribution in [2.75, 3.05) is 33.2 Å². The van der Waals surface area contributed by atoms with Gasteiger partial charge in [-0.1, -0.05) is 12.1 Å². The van der Waals surface area contributed by atoms with E-state index < -0.39 is 0 Å². The van der Waals surface area contributed by atoms with Gasteiger partial charge in [-0.2, -0.15) is 5.10 Å². The SMILES string of the molecule is CN1CCCN(C(=O)c2cnn(-c3ccccc3F)c2-n2cccc2)CC1. The fourth-order valence-electron chi connectivity index (χ4n) is 3.44. The molecule has 140 valence electrons. The third kappa shape index (κ3) is 3.38. The molecule has 0 unspecified atom stereocenters. The number of para-hydroxylation sites is 1. The summed E-state index contributed by atoms with van der Waals surface area (Å²) in [5, 5.41) is 4.36. The molecule has 4 rings (SSSR count). The van der Waals surface area contributed by atoms with Crippen molar-refractivity contribution >= 4 is 5.91 Å². The molecule has 0 aliphatic carbocycles. The molecule has 1 aromatic carbocycles. The highest BCUT2D eigenvalue weighted by Crippen LogP contribution is 2.23. The van der Waals surface area contributed by atoms with Gasteiger partial charge in [0.1, 0.15) is 17.1 Å². The molecule has 1 aliphatic heterocycles. The average Bonchev–Trinajstić information content (AvgIpc) is 3.29. The van der Waals surface area contributed by atoms with Gasteiger partial charge >= 0.3 is 0 Å². The van der Waals surface area contributed by atoms with E-state index in [1.807, 2.05) is 29.4 Å². The number of carbonyl (C=O) groups excluding carboxylic acids is 1. The van der Waals surface area contributed by atoms with E-state index in [0.717, 1.165) is 19.5 Å². The molecule has 0 spiro atoms. The van der Waals surface area contributed by atoms with Crippen LogP contribution >= 0.6 is 0 Å². The van der Waals surface area contributed by atoms with E-state index in [9.17, 15) is 9.18 Å². The zero-order valence-corrected chi connectivity index (χ0v) is 15.3. The molecular formula is C20H22FN5O. The van der Waals surface area contributed by atoms with Crippen LogP contribution in [0.5, 0.6) is 0 Å². The second kappa shape index (κ2) is 7.36. The molecule has 27 heavy (non-hydrogen) atoms. The zero-order chi connectivity index (χ0) is 18.8. The molecule has 1 aliphatic rings. The Balaban J connectivity index is 1.78. The molecule has 0 N–H and O–H groups in total. The molecule has 0 saturated carbocycles. The summed E-state index contributed by atoms with van der Waals surface area (Å²) in [6.07, 6.45) is 6.14. The van der Waals surface area contributed by atoms with Gasteiger partial charge in [0.25, 0.3) is 5.91 Å². The van der Waals surface area contributed by atoms with Crippen LogP contribution in [0.25, 0.3) is 11.5 Å². The molecule has 0 bridgehead atoms. The standard InChI is InChI=1S/C20H22FN5O/c1-23-9-6-12-25(14-13-23)20(27)16-15-22-26(18-8-3-2-7-17(18)21)19(16)24-10-4-5-11-24/h2-5,7-8,10-11,15H,6,9,12-14H2,1H3. The molecular weight excluding hydrogens is 345 g/mol. The molecule has 1 saturated heterocycles. The molecule has 1 fully saturated rings. The normalized spacial score (nSPS) is 15.7. The predicted octanol–water partition coefficient (Wildman–Crippen LogP) is 2.58. The quantitative estimate of drug-likeness (QED) is 0.715. The van der Waals surface area contributed by atoms with Crippen LogP contribution in [0.15, 0.2) is 55.0 Å². The minimum absolute atomic E-state index is 0.0726. The molecule has 7 heteroatoms. The Morgan fingerprint density at radius 1 is 1.04 bits per heavy atom. The van der Waals surface area contributed by atoms with Gasteiger partial charge in [0.05, 0.1) is 6.20 Å². The summed E-state index contributed by atoms with van der Waals surface area (Å²) in [5.41, 5.74) is 0.787. The van der Waals surface area contributed by atoms with Crippen LogP contribution in [0.2, 0.25) is 0 Å². The van der Waals surface area contributed by atoms with E-state index in [2.05, 4.69) is 17.0 Å². The second-order valence-electron chi connectivity index (χ2n) is 6.78. The van der Waals surface area contributed by atoms with Crippen LogP contribution in [0, 0.1) is 5.82 Å². The lowest BCUT2D eigenvalue weighted by Gasteiger charge is -2.21. The van der Waals surface area contributed by atoms with Crippen molar-refractivity contribution in [3.63, 3.8) is 0 Å². The lowest BCUT2D eigenvalue weighted by molar-refractivity contribution is 0.0763. The number of nitrogens with zero attached hydrogens (tertiary/aromatic N) is 5. The summed E-state index contributed by atoms with van der Waals surface area (Å²) < 4.78 is 17.7. The lowest BCUT2D eigenvalue weighted by atomic mass is 10.2. The Bertz CT molecular complexity index is 934. The lowest BCUT2D eigenvalue weighted by Crippen LogP contribution is -2.34. The minimum atomic E-state index is -0.385. The van der Waals surface area contributed by atoms with Gasteiger partial charge in [-0.25, -0.2) is 9.07 Å². The number of hydrogen-bond donors (Lipinski definition) is 0. The van der Waals surface area contributed by atoms with Gasteiger partial charge in [0.15, 0.2) is 5.82 Å². The summed E-state index contributed by atoms with van der Waals surface area (Å²) in [6, 6.07) is 10.2. The number of rotatable bonds is 3. The molecule has 0 radical (unpaired) electrons. The first-order valence-electron chi connectivity index (χ1n) is 9.09. The first-order valence-corrected chi connectivity index (χ1v) is 9.09. The fraction of sp³-hybridized carbons (Fsp3) is 0.300. The van der Waals surface area contributed by atoms with Crippen molar-refractivity contribution < 1.29 is 9.18 Å². The largest absolute Gasteiger partial charge is 0.337 e. The molecule has 2 aromatic heterocycles. The Labute approximate surface area is 157 Å². The zero-order valence-electron chi connectivity index (χ0n) is 15.3. The number of hydrogen-bond acceptors (Lipinski definition) is 3. The molecule has 6 nitrogen and oxygen atoms in total. The number of amides is 1. The van der Waals surface area contributed by atoms with Crippen LogP contribution in [-0.4, -0.2) is 63.3 Å². The maximum absolute atomic E-state index is 14.4. The topological polar surface area (TPSA) is 46.3 Å². The predicted molar refractivity (Wildman–Crippen MR) is 101 cm³/mol. The molecule has 3 heterocycles. The smallest absolute Gasteiger partial charge is 0.259 e. The van der Waals surface area contributed by atoms with E-state index in [4.69, 9.17) is 0 Å². The van der Waals surface area contributed by atoms with Crippen LogP contribution in [0.1, 0.15) is 16.8 Å². The summed E-state index contributed by atoms with van der Waals surface area (Å²) >= 11 is 0. The van der Waals surface area contributed by atoms with Crippen LogP contribution in [0.4, 0.5) is 4.39 Å². The van der Waals surface area contributed by atoms with Crippen molar-refractivity contribution in [1.29, 1.82) is 0 Å². The number of likely N-dealkylation sites (N-methyl/N-ethyl adjacent to an activating group) is 1. The first-order chi connectivity index (χ1) is 13.1. The molecule has 3 aromatic rings. The summed E-state index contributed by atoms with van der Waals surface area (Å²) in [7, 11) is 2.06. The highest BCUT2D eigenvalue weighted by molar-refractivity contribution is 5.97. The molecule has 0 atom stereocenters. The van der Waals surface area contributed by atoms with Crippen molar-refractivity contribution in [1.82, 2.24) is 24.1 Å². The van der Waals surface area contributed by atoms with Gasteiger partial charge in [0.2, 0.25) is 0 Å². The highest BCUT2D eigenvalue weighted by Gasteiger charge is 2.26. The third-order valence-electron chi connectivity index (χ3n) is 4.91. The van der Waals surface area contributed by atoms with E-state index in [1.54, 1.807) is 29.0 Å². The Morgan fingerprint density at radius 3 is 2.59 bits per heavy atom. The van der Waals surface area contributed by atoms with E-state index in [0.29, 0.717) is 30.2 Å². The van der Waals surface area contributed by atoms with E-state index in [-0.39, 0.29) is 11.7 Å². The number of halogens is 1. The third-order valence-corrected chi connectivity index (χ3v) is 4.91. The maximum Gasteiger partial charge on any atom is 0.259 e.